The molecule has 36 heavy (non-hydrogen) atoms. The molecule has 9 heteroatoms. The van der Waals surface area contributed by atoms with Crippen LogP contribution in [-0.4, -0.2) is 46.2 Å². The number of benzene rings is 2. The van der Waals surface area contributed by atoms with Crippen molar-refractivity contribution in [1.82, 2.24) is 19.9 Å². The lowest BCUT2D eigenvalue weighted by molar-refractivity contribution is 0.122. The van der Waals surface area contributed by atoms with Crippen LogP contribution in [0.2, 0.25) is 0 Å². The number of aromatic nitrogens is 4. The van der Waals surface area contributed by atoms with E-state index in [9.17, 15) is 4.39 Å². The molecule has 180 valence electrons. The van der Waals surface area contributed by atoms with Crippen molar-refractivity contribution in [2.24, 2.45) is 0 Å². The molecule has 1 aliphatic rings. The van der Waals surface area contributed by atoms with Crippen LogP contribution in [0.15, 0.2) is 79.3 Å². The molecule has 4 heterocycles. The van der Waals surface area contributed by atoms with Gasteiger partial charge >= 0.3 is 0 Å². The summed E-state index contributed by atoms with van der Waals surface area (Å²) in [6.45, 7) is 3.22. The standard InChI is InChI=1S/C27H23FN6O2/c28-23-17-29-11-10-21(23)22-16-30-25-24(22)26(36-20-4-2-1-3-5-20)33-27(32-25)31-18-6-8-19(9-7-18)34-12-14-35-15-13-34/h1-11,16-17H,12-15H2,(H2,30,31,32,33). The Morgan fingerprint density at radius 2 is 1.75 bits per heavy atom. The van der Waals surface area contributed by atoms with Crippen molar-refractivity contribution in [1.29, 1.82) is 0 Å². The van der Waals surface area contributed by atoms with Gasteiger partial charge in [-0.05, 0) is 42.5 Å². The topological polar surface area (TPSA) is 88.2 Å². The lowest BCUT2D eigenvalue weighted by atomic mass is 10.1. The summed E-state index contributed by atoms with van der Waals surface area (Å²) >= 11 is 0. The molecule has 0 radical (unpaired) electrons. The Bertz CT molecular complexity index is 1480. The van der Waals surface area contributed by atoms with Gasteiger partial charge in [-0.15, -0.1) is 0 Å². The second-order valence-electron chi connectivity index (χ2n) is 8.32. The van der Waals surface area contributed by atoms with Crippen LogP contribution in [-0.2, 0) is 4.74 Å². The molecular formula is C27H23FN6O2. The summed E-state index contributed by atoms with van der Waals surface area (Å²) in [6.07, 6.45) is 4.44. The highest BCUT2D eigenvalue weighted by molar-refractivity contribution is 5.98. The number of ether oxygens (including phenoxy) is 2. The van der Waals surface area contributed by atoms with Crippen LogP contribution in [0.1, 0.15) is 0 Å². The molecule has 0 amide bonds. The van der Waals surface area contributed by atoms with Crippen molar-refractivity contribution in [3.05, 3.63) is 85.1 Å². The average molecular weight is 483 g/mol. The number of pyridine rings is 1. The van der Waals surface area contributed by atoms with Gasteiger partial charge < -0.3 is 24.7 Å². The highest BCUT2D eigenvalue weighted by atomic mass is 19.1. The van der Waals surface area contributed by atoms with Crippen molar-refractivity contribution < 1.29 is 13.9 Å². The molecule has 2 aromatic carbocycles. The second kappa shape index (κ2) is 9.63. The molecule has 6 rings (SSSR count). The number of anilines is 3. The molecule has 0 bridgehead atoms. The maximum atomic E-state index is 14.6. The van der Waals surface area contributed by atoms with Gasteiger partial charge in [0.2, 0.25) is 11.8 Å². The first kappa shape index (κ1) is 22.0. The average Bonchev–Trinajstić information content (AvgIpc) is 3.35. The Balaban J connectivity index is 1.36. The first-order chi connectivity index (χ1) is 17.7. The number of H-pyrrole nitrogens is 1. The highest BCUT2D eigenvalue weighted by Crippen LogP contribution is 2.37. The summed E-state index contributed by atoms with van der Waals surface area (Å²) in [6, 6.07) is 19.1. The van der Waals surface area contributed by atoms with Gasteiger partial charge in [0, 0.05) is 48.0 Å². The lowest BCUT2D eigenvalue weighted by Crippen LogP contribution is -2.36. The zero-order valence-electron chi connectivity index (χ0n) is 19.3. The number of nitrogens with one attached hydrogen (secondary N) is 2. The Labute approximate surface area is 206 Å². The van der Waals surface area contributed by atoms with E-state index in [1.807, 2.05) is 42.5 Å². The molecule has 2 N–H and O–H groups in total. The molecule has 0 aliphatic carbocycles. The molecular weight excluding hydrogens is 459 g/mol. The Kier molecular flexibility index (Phi) is 5.88. The van der Waals surface area contributed by atoms with Gasteiger partial charge in [0.15, 0.2) is 0 Å². The van der Waals surface area contributed by atoms with Crippen LogP contribution in [0, 0.1) is 5.82 Å². The summed E-state index contributed by atoms with van der Waals surface area (Å²) in [5, 5.41) is 3.84. The van der Waals surface area contributed by atoms with Crippen LogP contribution in [0.25, 0.3) is 22.2 Å². The third-order valence-corrected chi connectivity index (χ3v) is 6.02. The number of hydrogen-bond donors (Lipinski definition) is 2. The molecule has 3 aromatic heterocycles. The summed E-state index contributed by atoms with van der Waals surface area (Å²) in [5.74, 6) is 0.842. The zero-order valence-corrected chi connectivity index (χ0v) is 19.3. The predicted octanol–water partition coefficient (Wildman–Crippen LogP) is 5.53. The molecule has 1 saturated heterocycles. The lowest BCUT2D eigenvalue weighted by Gasteiger charge is -2.28. The summed E-state index contributed by atoms with van der Waals surface area (Å²) in [5.41, 5.74) is 3.48. The quantitative estimate of drug-likeness (QED) is 0.329. The third-order valence-electron chi connectivity index (χ3n) is 6.02. The molecule has 0 unspecified atom stereocenters. The number of nitrogens with zero attached hydrogens (tertiary/aromatic N) is 4. The molecule has 5 aromatic rings. The van der Waals surface area contributed by atoms with E-state index < -0.39 is 5.82 Å². The number of para-hydroxylation sites is 1. The first-order valence-electron chi connectivity index (χ1n) is 11.7. The van der Waals surface area contributed by atoms with E-state index in [-0.39, 0.29) is 0 Å². The van der Waals surface area contributed by atoms with E-state index in [4.69, 9.17) is 9.47 Å². The number of rotatable bonds is 6. The number of fused-ring (bicyclic) bond motifs is 1. The van der Waals surface area contributed by atoms with E-state index in [2.05, 4.69) is 42.3 Å². The largest absolute Gasteiger partial charge is 0.438 e. The third kappa shape index (κ3) is 4.44. The monoisotopic (exact) mass is 482 g/mol. The van der Waals surface area contributed by atoms with E-state index in [0.717, 1.165) is 37.7 Å². The van der Waals surface area contributed by atoms with Crippen LogP contribution < -0.4 is 15.0 Å². The first-order valence-corrected chi connectivity index (χ1v) is 11.7. The number of aromatic amines is 1. The minimum absolute atomic E-state index is 0.311. The highest BCUT2D eigenvalue weighted by Gasteiger charge is 2.19. The second-order valence-corrected chi connectivity index (χ2v) is 8.32. The van der Waals surface area contributed by atoms with Crippen LogP contribution >= 0.6 is 0 Å². The van der Waals surface area contributed by atoms with Gasteiger partial charge in [-0.3, -0.25) is 4.98 Å². The van der Waals surface area contributed by atoms with E-state index in [0.29, 0.717) is 39.7 Å². The summed E-state index contributed by atoms with van der Waals surface area (Å²) < 4.78 is 26.2. The molecule has 0 saturated carbocycles. The predicted molar refractivity (Wildman–Crippen MR) is 136 cm³/mol. The van der Waals surface area contributed by atoms with Crippen molar-refractivity contribution in [3.8, 4) is 22.8 Å². The van der Waals surface area contributed by atoms with Crippen LogP contribution in [0.3, 0.4) is 0 Å². The molecule has 8 nitrogen and oxygen atoms in total. The molecule has 0 spiro atoms. The fraction of sp³-hybridized carbons (Fsp3) is 0.148. The van der Waals surface area contributed by atoms with Crippen molar-refractivity contribution in [2.45, 2.75) is 0 Å². The normalized spacial score (nSPS) is 13.6. The minimum Gasteiger partial charge on any atom is -0.438 e. The van der Waals surface area contributed by atoms with Crippen molar-refractivity contribution in [2.75, 3.05) is 36.5 Å². The van der Waals surface area contributed by atoms with Gasteiger partial charge in [-0.1, -0.05) is 18.2 Å². The van der Waals surface area contributed by atoms with Crippen LogP contribution in [0.4, 0.5) is 21.7 Å². The van der Waals surface area contributed by atoms with Gasteiger partial charge in [0.05, 0.1) is 24.8 Å². The summed E-state index contributed by atoms with van der Waals surface area (Å²) in [7, 11) is 0. The molecule has 0 atom stereocenters. The Morgan fingerprint density at radius 3 is 2.53 bits per heavy atom. The van der Waals surface area contributed by atoms with E-state index in [1.165, 1.54) is 6.20 Å². The van der Waals surface area contributed by atoms with E-state index >= 15 is 0 Å². The van der Waals surface area contributed by atoms with E-state index in [1.54, 1.807) is 18.5 Å². The van der Waals surface area contributed by atoms with Gasteiger partial charge in [-0.2, -0.15) is 9.97 Å². The van der Waals surface area contributed by atoms with Gasteiger partial charge in [0.25, 0.3) is 0 Å². The summed E-state index contributed by atoms with van der Waals surface area (Å²) in [4.78, 5) is 18.6. The van der Waals surface area contributed by atoms with Crippen molar-refractivity contribution >= 4 is 28.4 Å². The zero-order chi connectivity index (χ0) is 24.3. The van der Waals surface area contributed by atoms with Gasteiger partial charge in [-0.25, -0.2) is 4.39 Å². The fourth-order valence-corrected chi connectivity index (χ4v) is 4.24. The maximum Gasteiger partial charge on any atom is 0.234 e. The Morgan fingerprint density at radius 1 is 0.944 bits per heavy atom. The Hall–Kier alpha value is -4.50. The SMILES string of the molecule is Fc1cnccc1-c1c[nH]c2nc(Nc3ccc(N4CCOCC4)cc3)nc(Oc3ccccc3)c12. The van der Waals surface area contributed by atoms with Gasteiger partial charge in [0.1, 0.15) is 17.2 Å². The number of hydrogen-bond acceptors (Lipinski definition) is 7. The number of halogens is 1. The minimum atomic E-state index is -0.438. The number of morpholine rings is 1. The molecule has 1 aliphatic heterocycles. The van der Waals surface area contributed by atoms with Crippen molar-refractivity contribution in [3.63, 3.8) is 0 Å². The smallest absolute Gasteiger partial charge is 0.234 e. The maximum absolute atomic E-state index is 14.6. The van der Waals surface area contributed by atoms with Crippen LogP contribution in [0.5, 0.6) is 11.6 Å². The molecule has 1 fully saturated rings. The fourth-order valence-electron chi connectivity index (χ4n) is 4.24.